The number of halogens is 2. The molecule has 1 aliphatic carbocycles. The molecule has 20 heavy (non-hydrogen) atoms. The van der Waals surface area contributed by atoms with Gasteiger partial charge in [0.2, 0.25) is 0 Å². The summed E-state index contributed by atoms with van der Waals surface area (Å²) in [4.78, 5) is 0. The van der Waals surface area contributed by atoms with E-state index in [9.17, 15) is 9.50 Å². The van der Waals surface area contributed by atoms with Crippen molar-refractivity contribution in [1.82, 2.24) is 0 Å². The summed E-state index contributed by atoms with van der Waals surface area (Å²) in [7, 11) is 0. The molecule has 0 bridgehead atoms. The van der Waals surface area contributed by atoms with Crippen molar-refractivity contribution in [2.75, 3.05) is 0 Å². The molecule has 1 aromatic carbocycles. The van der Waals surface area contributed by atoms with E-state index in [1.165, 1.54) is 25.0 Å². The van der Waals surface area contributed by atoms with Crippen molar-refractivity contribution >= 4 is 15.9 Å². The van der Waals surface area contributed by atoms with Gasteiger partial charge in [-0.25, -0.2) is 4.39 Å². The zero-order chi connectivity index (χ0) is 14.8. The largest absolute Gasteiger partial charge is 0.390 e. The predicted octanol–water partition coefficient (Wildman–Crippen LogP) is 5.10. The third kappa shape index (κ3) is 4.29. The molecule has 2 unspecified atom stereocenters. The Morgan fingerprint density at radius 1 is 1.45 bits per heavy atom. The van der Waals surface area contributed by atoms with Crippen molar-refractivity contribution in [3.63, 3.8) is 0 Å². The summed E-state index contributed by atoms with van der Waals surface area (Å²) in [5, 5.41) is 10.9. The quantitative estimate of drug-likeness (QED) is 0.807. The number of hydrogen-bond donors (Lipinski definition) is 1. The summed E-state index contributed by atoms with van der Waals surface area (Å²) in [6, 6.07) is 4.70. The van der Waals surface area contributed by atoms with Gasteiger partial charge in [0.15, 0.2) is 0 Å². The van der Waals surface area contributed by atoms with Gasteiger partial charge < -0.3 is 5.11 Å². The average Bonchev–Trinajstić information content (AvgIpc) is 2.32. The predicted molar refractivity (Wildman–Crippen MR) is 84.2 cm³/mol. The maximum atomic E-state index is 13.4. The van der Waals surface area contributed by atoms with Gasteiger partial charge in [0.1, 0.15) is 5.82 Å². The first-order valence-corrected chi connectivity index (χ1v) is 8.33. The summed E-state index contributed by atoms with van der Waals surface area (Å²) >= 11 is 3.46. The third-order valence-corrected chi connectivity index (χ3v) is 5.03. The molecule has 1 nitrogen and oxygen atoms in total. The second kappa shape index (κ2) is 6.57. The highest BCUT2D eigenvalue weighted by Gasteiger charge is 2.35. The van der Waals surface area contributed by atoms with E-state index in [1.807, 2.05) is 0 Å². The number of rotatable bonds is 4. The Morgan fingerprint density at radius 2 is 2.20 bits per heavy atom. The smallest absolute Gasteiger partial charge is 0.123 e. The summed E-state index contributed by atoms with van der Waals surface area (Å²) in [6.45, 7) is 4.47. The molecule has 1 N–H and O–H groups in total. The van der Waals surface area contributed by atoms with Gasteiger partial charge in [-0.1, -0.05) is 42.6 Å². The lowest BCUT2D eigenvalue weighted by atomic mass is 9.73. The maximum absolute atomic E-state index is 13.4. The van der Waals surface area contributed by atoms with E-state index in [-0.39, 0.29) is 5.82 Å². The number of hydrogen-bond acceptors (Lipinski definition) is 1. The minimum absolute atomic E-state index is 0.235. The van der Waals surface area contributed by atoms with Crippen LogP contribution < -0.4 is 0 Å². The zero-order valence-corrected chi connectivity index (χ0v) is 13.9. The summed E-state index contributed by atoms with van der Waals surface area (Å²) < 4.78 is 14.3. The van der Waals surface area contributed by atoms with E-state index < -0.39 is 5.60 Å². The van der Waals surface area contributed by atoms with Gasteiger partial charge in [0.25, 0.3) is 0 Å². The van der Waals surface area contributed by atoms with Gasteiger partial charge in [-0.2, -0.15) is 0 Å². The van der Waals surface area contributed by atoms with Gasteiger partial charge in [-0.15, -0.1) is 0 Å². The highest BCUT2D eigenvalue weighted by molar-refractivity contribution is 9.10. The Bertz CT molecular complexity index is 460. The molecular formula is C17H24BrFO. The molecule has 2 rings (SSSR count). The molecule has 0 amide bonds. The topological polar surface area (TPSA) is 20.2 Å². The molecule has 1 saturated carbocycles. The van der Waals surface area contributed by atoms with Crippen LogP contribution in [0.25, 0.3) is 0 Å². The first-order valence-electron chi connectivity index (χ1n) is 7.54. The highest BCUT2D eigenvalue weighted by Crippen LogP contribution is 2.38. The van der Waals surface area contributed by atoms with Crippen LogP contribution in [0.4, 0.5) is 4.39 Å². The lowest BCUT2D eigenvalue weighted by Gasteiger charge is -2.38. The van der Waals surface area contributed by atoms with Crippen LogP contribution in [0, 0.1) is 17.7 Å². The van der Waals surface area contributed by atoms with Gasteiger partial charge >= 0.3 is 0 Å². The molecule has 1 aliphatic rings. The molecule has 2 atom stereocenters. The lowest BCUT2D eigenvalue weighted by molar-refractivity contribution is -0.0190. The fourth-order valence-corrected chi connectivity index (χ4v) is 3.91. The molecule has 0 spiro atoms. The highest BCUT2D eigenvalue weighted by atomic mass is 79.9. The van der Waals surface area contributed by atoms with Crippen LogP contribution >= 0.6 is 15.9 Å². The van der Waals surface area contributed by atoms with Crippen molar-refractivity contribution in [3.8, 4) is 0 Å². The molecule has 1 fully saturated rings. The molecule has 112 valence electrons. The molecule has 0 aliphatic heterocycles. The van der Waals surface area contributed by atoms with Gasteiger partial charge in [0, 0.05) is 10.9 Å². The molecule has 0 radical (unpaired) electrons. The number of aliphatic hydroxyl groups is 1. The van der Waals surface area contributed by atoms with Crippen LogP contribution in [-0.4, -0.2) is 10.7 Å². The molecule has 0 heterocycles. The van der Waals surface area contributed by atoms with Crippen molar-refractivity contribution in [3.05, 3.63) is 34.1 Å². The second-order valence-corrected chi connectivity index (χ2v) is 7.58. The van der Waals surface area contributed by atoms with Gasteiger partial charge in [0.05, 0.1) is 5.60 Å². The van der Waals surface area contributed by atoms with Crippen LogP contribution in [0.15, 0.2) is 22.7 Å². The van der Waals surface area contributed by atoms with E-state index in [0.717, 1.165) is 29.3 Å². The van der Waals surface area contributed by atoms with E-state index in [1.54, 1.807) is 6.07 Å². The van der Waals surface area contributed by atoms with Crippen molar-refractivity contribution in [2.24, 2.45) is 11.8 Å². The molecule has 1 aromatic rings. The summed E-state index contributed by atoms with van der Waals surface area (Å²) in [6.07, 6.45) is 5.66. The van der Waals surface area contributed by atoms with Gasteiger partial charge in [-0.3, -0.25) is 0 Å². The maximum Gasteiger partial charge on any atom is 0.123 e. The van der Waals surface area contributed by atoms with Crippen LogP contribution in [0.1, 0.15) is 51.5 Å². The fraction of sp³-hybridized carbons (Fsp3) is 0.647. The zero-order valence-electron chi connectivity index (χ0n) is 12.3. The SMILES string of the molecule is CC(C)CC1CCCC(O)(Cc2cc(F)ccc2Br)C1. The standard InChI is InChI=1S/C17H24BrFO/c1-12(2)8-13-4-3-7-17(20,10-13)11-14-9-15(19)5-6-16(14)18/h5-6,9,12-13,20H,3-4,7-8,10-11H2,1-2H3. The Labute approximate surface area is 129 Å². The van der Waals surface area contributed by atoms with Gasteiger partial charge in [-0.05, 0) is 54.9 Å². The summed E-state index contributed by atoms with van der Waals surface area (Å²) in [5.41, 5.74) is 0.200. The van der Waals surface area contributed by atoms with Crippen molar-refractivity contribution in [2.45, 2.75) is 58.0 Å². The normalized spacial score (nSPS) is 27.0. The molecule has 3 heteroatoms. The van der Waals surface area contributed by atoms with Crippen LogP contribution in [-0.2, 0) is 6.42 Å². The lowest BCUT2D eigenvalue weighted by Crippen LogP contribution is -2.38. The van der Waals surface area contributed by atoms with E-state index in [4.69, 9.17) is 0 Å². The number of benzene rings is 1. The minimum Gasteiger partial charge on any atom is -0.390 e. The van der Waals surface area contributed by atoms with E-state index in [2.05, 4.69) is 29.8 Å². The van der Waals surface area contributed by atoms with Crippen molar-refractivity contribution < 1.29 is 9.50 Å². The second-order valence-electron chi connectivity index (χ2n) is 6.73. The van der Waals surface area contributed by atoms with Crippen LogP contribution in [0.2, 0.25) is 0 Å². The average molecular weight is 343 g/mol. The Hall–Kier alpha value is -0.410. The van der Waals surface area contributed by atoms with Crippen LogP contribution in [0.3, 0.4) is 0 Å². The first-order chi connectivity index (χ1) is 9.38. The minimum atomic E-state index is -0.673. The van der Waals surface area contributed by atoms with Crippen molar-refractivity contribution in [1.29, 1.82) is 0 Å². The Kier molecular flexibility index (Phi) is 5.25. The molecular weight excluding hydrogens is 319 g/mol. The Morgan fingerprint density at radius 3 is 2.90 bits per heavy atom. The summed E-state index contributed by atoms with van der Waals surface area (Å²) in [5.74, 6) is 1.03. The van der Waals surface area contributed by atoms with E-state index in [0.29, 0.717) is 18.3 Å². The fourth-order valence-electron chi connectivity index (χ4n) is 3.52. The van der Waals surface area contributed by atoms with E-state index >= 15 is 0 Å². The Balaban J connectivity index is 2.08. The molecule has 0 aromatic heterocycles. The monoisotopic (exact) mass is 342 g/mol. The molecule has 0 saturated heterocycles. The van der Waals surface area contributed by atoms with Crippen LogP contribution in [0.5, 0.6) is 0 Å². The first kappa shape index (κ1) is 16.0. The third-order valence-electron chi connectivity index (χ3n) is 4.26.